The molecule has 1 aromatic carbocycles. The molecule has 3 aromatic rings. The Kier molecular flexibility index (Phi) is 2.61. The van der Waals surface area contributed by atoms with E-state index in [0.717, 1.165) is 21.2 Å². The Bertz CT molecular complexity index is 693. The lowest BCUT2D eigenvalue weighted by Crippen LogP contribution is -1.94. The van der Waals surface area contributed by atoms with E-state index in [0.29, 0.717) is 0 Å². The second-order valence-corrected chi connectivity index (χ2v) is 4.84. The van der Waals surface area contributed by atoms with Gasteiger partial charge in [0.15, 0.2) is 0 Å². The molecular weight excluding hydrogens is 302 g/mol. The maximum absolute atomic E-state index is 5.82. The van der Waals surface area contributed by atoms with Crippen molar-refractivity contribution >= 4 is 38.6 Å². The van der Waals surface area contributed by atoms with Gasteiger partial charge in [0, 0.05) is 27.9 Å². The van der Waals surface area contributed by atoms with Crippen LogP contribution in [0.1, 0.15) is 0 Å². The summed E-state index contributed by atoms with van der Waals surface area (Å²) < 4.78 is 3.00. The van der Waals surface area contributed by atoms with Gasteiger partial charge in [-0.25, -0.2) is 4.98 Å². The minimum atomic E-state index is 0.257. The van der Waals surface area contributed by atoms with Crippen molar-refractivity contribution in [2.24, 2.45) is 0 Å². The highest BCUT2D eigenvalue weighted by Crippen LogP contribution is 2.21. The summed E-state index contributed by atoms with van der Waals surface area (Å²) in [7, 11) is 0. The average molecular weight is 309 g/mol. The van der Waals surface area contributed by atoms with Crippen LogP contribution in [0.5, 0.6) is 0 Å². The molecule has 0 aliphatic heterocycles. The Labute approximate surface area is 111 Å². The summed E-state index contributed by atoms with van der Waals surface area (Å²) in [5, 5.41) is 1.22. The molecule has 0 radical (unpaired) electrons. The van der Waals surface area contributed by atoms with Crippen LogP contribution in [0, 0.1) is 0 Å². The van der Waals surface area contributed by atoms with Gasteiger partial charge in [0.1, 0.15) is 5.65 Å². The highest BCUT2D eigenvalue weighted by Gasteiger charge is 2.06. The molecule has 0 spiro atoms. The van der Waals surface area contributed by atoms with Crippen LogP contribution in [0.2, 0.25) is 5.28 Å². The molecule has 0 bridgehead atoms. The first-order chi connectivity index (χ1) is 8.24. The smallest absolute Gasteiger partial charge is 0.224 e. The summed E-state index contributed by atoms with van der Waals surface area (Å²) in [5.74, 6) is 0. The highest BCUT2D eigenvalue weighted by atomic mass is 79.9. The van der Waals surface area contributed by atoms with E-state index in [4.69, 9.17) is 11.6 Å². The Morgan fingerprint density at radius 3 is 2.94 bits per heavy atom. The van der Waals surface area contributed by atoms with Gasteiger partial charge in [-0.1, -0.05) is 22.0 Å². The van der Waals surface area contributed by atoms with Crippen LogP contribution in [0.3, 0.4) is 0 Å². The van der Waals surface area contributed by atoms with Gasteiger partial charge in [-0.05, 0) is 35.9 Å². The molecule has 3 rings (SSSR count). The zero-order chi connectivity index (χ0) is 11.8. The van der Waals surface area contributed by atoms with Crippen molar-refractivity contribution in [1.82, 2.24) is 14.5 Å². The zero-order valence-electron chi connectivity index (χ0n) is 8.64. The van der Waals surface area contributed by atoms with Crippen LogP contribution in [0.4, 0.5) is 0 Å². The predicted molar refractivity (Wildman–Crippen MR) is 71.6 cm³/mol. The number of benzene rings is 1. The second-order valence-electron chi connectivity index (χ2n) is 3.58. The molecule has 0 atom stereocenters. The minimum absolute atomic E-state index is 0.257. The Balaban J connectivity index is 2.27. The molecule has 2 heterocycles. The van der Waals surface area contributed by atoms with Gasteiger partial charge in [0.2, 0.25) is 5.28 Å². The molecule has 84 valence electrons. The lowest BCUT2D eigenvalue weighted by atomic mass is 10.3. The van der Waals surface area contributed by atoms with Crippen LogP contribution in [0.25, 0.3) is 16.7 Å². The molecule has 2 aromatic heterocycles. The molecule has 17 heavy (non-hydrogen) atoms. The second kappa shape index (κ2) is 4.13. The van der Waals surface area contributed by atoms with Crippen LogP contribution in [-0.4, -0.2) is 14.5 Å². The Morgan fingerprint density at radius 2 is 2.12 bits per heavy atom. The lowest BCUT2D eigenvalue weighted by Gasteiger charge is -2.04. The van der Waals surface area contributed by atoms with Crippen molar-refractivity contribution in [3.63, 3.8) is 0 Å². The summed E-state index contributed by atoms with van der Waals surface area (Å²) in [6, 6.07) is 9.97. The van der Waals surface area contributed by atoms with E-state index in [9.17, 15) is 0 Å². The third-order valence-corrected chi connectivity index (χ3v) is 3.16. The molecule has 0 saturated carbocycles. The number of nitrogens with zero attached hydrogens (tertiary/aromatic N) is 3. The van der Waals surface area contributed by atoms with Gasteiger partial charge < -0.3 is 4.57 Å². The Morgan fingerprint density at radius 1 is 1.24 bits per heavy atom. The van der Waals surface area contributed by atoms with Crippen LogP contribution >= 0.6 is 27.5 Å². The fraction of sp³-hybridized carbons (Fsp3) is 0. The summed E-state index contributed by atoms with van der Waals surface area (Å²) in [4.78, 5) is 8.21. The highest BCUT2D eigenvalue weighted by molar-refractivity contribution is 9.10. The number of aromatic nitrogens is 3. The third kappa shape index (κ3) is 1.94. The predicted octanol–water partition coefficient (Wildman–Crippen LogP) is 3.84. The molecule has 0 saturated heterocycles. The third-order valence-electron chi connectivity index (χ3n) is 2.48. The topological polar surface area (TPSA) is 30.7 Å². The number of halogens is 2. The molecule has 0 aliphatic rings. The summed E-state index contributed by atoms with van der Waals surface area (Å²) in [6.07, 6.45) is 3.68. The standard InChI is InChI=1S/C12H7BrClN3/c13-9-2-1-3-10(6-9)17-5-4-8-7-15-12(14)16-11(8)17/h1-7H. The van der Waals surface area contributed by atoms with Crippen molar-refractivity contribution < 1.29 is 0 Å². The van der Waals surface area contributed by atoms with E-state index in [2.05, 4.69) is 25.9 Å². The molecule has 0 N–H and O–H groups in total. The zero-order valence-corrected chi connectivity index (χ0v) is 11.0. The maximum atomic E-state index is 5.82. The van der Waals surface area contributed by atoms with E-state index in [1.807, 2.05) is 41.1 Å². The molecule has 0 unspecified atom stereocenters. The maximum Gasteiger partial charge on any atom is 0.224 e. The van der Waals surface area contributed by atoms with Gasteiger partial charge >= 0.3 is 0 Å². The molecule has 3 nitrogen and oxygen atoms in total. The Hall–Kier alpha value is -1.39. The van der Waals surface area contributed by atoms with Crippen LogP contribution < -0.4 is 0 Å². The normalized spacial score (nSPS) is 10.9. The van der Waals surface area contributed by atoms with E-state index in [-0.39, 0.29) is 5.28 Å². The number of hydrogen-bond donors (Lipinski definition) is 0. The van der Waals surface area contributed by atoms with Crippen molar-refractivity contribution in [1.29, 1.82) is 0 Å². The van der Waals surface area contributed by atoms with Crippen molar-refractivity contribution in [3.05, 3.63) is 52.5 Å². The summed E-state index contributed by atoms with van der Waals surface area (Å²) >= 11 is 9.28. The summed E-state index contributed by atoms with van der Waals surface area (Å²) in [5.41, 5.74) is 1.84. The van der Waals surface area contributed by atoms with Crippen LogP contribution in [-0.2, 0) is 0 Å². The van der Waals surface area contributed by atoms with Crippen molar-refractivity contribution in [3.8, 4) is 5.69 Å². The van der Waals surface area contributed by atoms with E-state index in [1.165, 1.54) is 0 Å². The van der Waals surface area contributed by atoms with Crippen molar-refractivity contribution in [2.75, 3.05) is 0 Å². The SMILES string of the molecule is Clc1ncc2ccn(-c3cccc(Br)c3)c2n1. The van der Waals surface area contributed by atoms with Gasteiger partial charge in [0.05, 0.1) is 0 Å². The number of hydrogen-bond acceptors (Lipinski definition) is 2. The molecule has 0 fully saturated rings. The van der Waals surface area contributed by atoms with Gasteiger partial charge in [-0.3, -0.25) is 0 Å². The molecule has 5 heteroatoms. The van der Waals surface area contributed by atoms with Crippen LogP contribution in [0.15, 0.2) is 47.2 Å². The quantitative estimate of drug-likeness (QED) is 0.640. The monoisotopic (exact) mass is 307 g/mol. The fourth-order valence-electron chi connectivity index (χ4n) is 1.73. The minimum Gasteiger partial charge on any atom is -0.301 e. The van der Waals surface area contributed by atoms with E-state index < -0.39 is 0 Å². The van der Waals surface area contributed by atoms with Gasteiger partial charge in [-0.15, -0.1) is 0 Å². The van der Waals surface area contributed by atoms with Gasteiger partial charge in [0.25, 0.3) is 0 Å². The largest absolute Gasteiger partial charge is 0.301 e. The first-order valence-electron chi connectivity index (χ1n) is 4.99. The first-order valence-corrected chi connectivity index (χ1v) is 6.17. The van der Waals surface area contributed by atoms with Crippen molar-refractivity contribution in [2.45, 2.75) is 0 Å². The van der Waals surface area contributed by atoms with Gasteiger partial charge in [-0.2, -0.15) is 4.98 Å². The number of fused-ring (bicyclic) bond motifs is 1. The first kappa shape index (κ1) is 10.7. The lowest BCUT2D eigenvalue weighted by molar-refractivity contribution is 1.07. The molecule has 0 aliphatic carbocycles. The number of rotatable bonds is 1. The van der Waals surface area contributed by atoms with E-state index in [1.54, 1.807) is 6.20 Å². The molecule has 0 amide bonds. The fourth-order valence-corrected chi connectivity index (χ4v) is 2.25. The van der Waals surface area contributed by atoms with E-state index >= 15 is 0 Å². The summed E-state index contributed by atoms with van der Waals surface area (Å²) in [6.45, 7) is 0. The average Bonchev–Trinajstić information content (AvgIpc) is 2.71. The molecular formula is C12H7BrClN3.